The number of anilines is 1. The summed E-state index contributed by atoms with van der Waals surface area (Å²) in [5.74, 6) is -0.279. The Morgan fingerprint density at radius 1 is 0.838 bits per heavy atom. The van der Waals surface area contributed by atoms with Crippen molar-refractivity contribution in [1.29, 1.82) is 0 Å². The van der Waals surface area contributed by atoms with Gasteiger partial charge in [0.15, 0.2) is 0 Å². The molecule has 1 aromatic heterocycles. The number of benzene rings is 3. The van der Waals surface area contributed by atoms with Crippen molar-refractivity contribution in [3.05, 3.63) is 90.5 Å². The Balaban J connectivity index is 1.59. The van der Waals surface area contributed by atoms with E-state index in [0.29, 0.717) is 30.0 Å². The number of sulfonamides is 1. The SMILES string of the molecule is CCCCN(CCCC)S(=O)(=O)c1ccc(NC(=O)c2cc(-c3ccccc3)nc3ccccc23)cc1. The van der Waals surface area contributed by atoms with E-state index in [9.17, 15) is 13.2 Å². The van der Waals surface area contributed by atoms with Gasteiger partial charge < -0.3 is 5.32 Å². The molecule has 6 nitrogen and oxygen atoms in total. The number of fused-ring (bicyclic) bond motifs is 1. The largest absolute Gasteiger partial charge is 0.322 e. The molecule has 0 spiro atoms. The van der Waals surface area contributed by atoms with Gasteiger partial charge in [0.05, 0.1) is 21.7 Å². The quantitative estimate of drug-likeness (QED) is 0.240. The van der Waals surface area contributed by atoms with Gasteiger partial charge in [-0.1, -0.05) is 75.2 Å². The fourth-order valence-electron chi connectivity index (χ4n) is 4.20. The number of carbonyl (C=O) groups is 1. The fourth-order valence-corrected chi connectivity index (χ4v) is 5.72. The molecule has 4 aromatic rings. The number of pyridine rings is 1. The van der Waals surface area contributed by atoms with Crippen molar-refractivity contribution in [3.63, 3.8) is 0 Å². The number of carbonyl (C=O) groups excluding carboxylic acids is 1. The molecule has 192 valence electrons. The molecule has 3 aromatic carbocycles. The van der Waals surface area contributed by atoms with Gasteiger partial charge in [0.25, 0.3) is 5.91 Å². The zero-order valence-electron chi connectivity index (χ0n) is 21.4. The molecule has 0 radical (unpaired) electrons. The average Bonchev–Trinajstić information content (AvgIpc) is 2.93. The maximum atomic E-state index is 13.4. The van der Waals surface area contributed by atoms with Crippen LogP contribution in [0.5, 0.6) is 0 Å². The molecular weight excluding hydrogens is 482 g/mol. The van der Waals surface area contributed by atoms with Gasteiger partial charge in [-0.25, -0.2) is 13.4 Å². The smallest absolute Gasteiger partial charge is 0.256 e. The fraction of sp³-hybridized carbons (Fsp3) is 0.267. The highest BCUT2D eigenvalue weighted by Crippen LogP contribution is 2.26. The van der Waals surface area contributed by atoms with Crippen molar-refractivity contribution in [2.75, 3.05) is 18.4 Å². The standard InChI is InChI=1S/C30H33N3O3S/c1-3-5-20-33(21-6-4-2)37(35,36)25-18-16-24(17-19-25)31-30(34)27-22-29(23-12-8-7-9-13-23)32-28-15-11-10-14-26(27)28/h7-19,22H,3-6,20-21H2,1-2H3,(H,31,34). The maximum absolute atomic E-state index is 13.4. The highest BCUT2D eigenvalue weighted by Gasteiger charge is 2.23. The first-order valence-electron chi connectivity index (χ1n) is 12.8. The van der Waals surface area contributed by atoms with Gasteiger partial charge in [0.1, 0.15) is 0 Å². The lowest BCUT2D eigenvalue weighted by Gasteiger charge is -2.22. The van der Waals surface area contributed by atoms with Gasteiger partial charge in [-0.2, -0.15) is 4.31 Å². The molecule has 0 bridgehead atoms. The van der Waals surface area contributed by atoms with Gasteiger partial charge >= 0.3 is 0 Å². The van der Waals surface area contributed by atoms with E-state index in [1.807, 2.05) is 54.6 Å². The molecule has 0 aliphatic heterocycles. The Morgan fingerprint density at radius 3 is 2.11 bits per heavy atom. The zero-order valence-corrected chi connectivity index (χ0v) is 22.2. The third-order valence-corrected chi connectivity index (χ3v) is 8.22. The second-order valence-corrected chi connectivity index (χ2v) is 11.0. The van der Waals surface area contributed by atoms with Crippen LogP contribution in [0.2, 0.25) is 0 Å². The first kappa shape index (κ1) is 26.5. The van der Waals surface area contributed by atoms with Gasteiger partial charge in [-0.05, 0) is 49.2 Å². The molecule has 0 saturated carbocycles. The lowest BCUT2D eigenvalue weighted by molar-refractivity contribution is 0.102. The molecule has 7 heteroatoms. The minimum Gasteiger partial charge on any atom is -0.322 e. The summed E-state index contributed by atoms with van der Waals surface area (Å²) < 4.78 is 28.1. The molecule has 0 aliphatic carbocycles. The molecule has 1 N–H and O–H groups in total. The van der Waals surface area contributed by atoms with Crippen molar-refractivity contribution in [2.45, 2.75) is 44.4 Å². The van der Waals surface area contributed by atoms with Crippen molar-refractivity contribution in [2.24, 2.45) is 0 Å². The Labute approximate surface area is 219 Å². The molecule has 1 amide bonds. The van der Waals surface area contributed by atoms with Crippen molar-refractivity contribution in [3.8, 4) is 11.3 Å². The van der Waals surface area contributed by atoms with Gasteiger partial charge in [-0.3, -0.25) is 4.79 Å². The van der Waals surface area contributed by atoms with Crippen molar-refractivity contribution >= 4 is 32.5 Å². The van der Waals surface area contributed by atoms with Crippen LogP contribution in [-0.2, 0) is 10.0 Å². The van der Waals surface area contributed by atoms with Crippen LogP contribution in [0.3, 0.4) is 0 Å². The molecule has 0 aliphatic rings. The lowest BCUT2D eigenvalue weighted by Crippen LogP contribution is -2.33. The van der Waals surface area contributed by atoms with Crippen molar-refractivity contribution < 1.29 is 13.2 Å². The summed E-state index contributed by atoms with van der Waals surface area (Å²) in [6.45, 7) is 5.13. The predicted molar refractivity (Wildman–Crippen MR) is 150 cm³/mol. The number of unbranched alkanes of at least 4 members (excludes halogenated alkanes) is 2. The number of nitrogens with zero attached hydrogens (tertiary/aromatic N) is 2. The highest BCUT2D eigenvalue weighted by molar-refractivity contribution is 7.89. The Morgan fingerprint density at radius 2 is 1.46 bits per heavy atom. The summed E-state index contributed by atoms with van der Waals surface area (Å²) in [7, 11) is -3.60. The van der Waals surface area contributed by atoms with Crippen LogP contribution in [0.25, 0.3) is 22.2 Å². The average molecular weight is 516 g/mol. The molecule has 1 heterocycles. The molecular formula is C30H33N3O3S. The topological polar surface area (TPSA) is 79.4 Å². The van der Waals surface area contributed by atoms with Gasteiger partial charge in [0.2, 0.25) is 10.0 Å². The summed E-state index contributed by atoms with van der Waals surface area (Å²) in [5.41, 5.74) is 3.40. The third kappa shape index (κ3) is 6.24. The van der Waals surface area contributed by atoms with Crippen LogP contribution >= 0.6 is 0 Å². The van der Waals surface area contributed by atoms with E-state index in [-0.39, 0.29) is 10.8 Å². The molecule has 0 fully saturated rings. The minimum absolute atomic E-state index is 0.235. The van der Waals surface area contributed by atoms with E-state index < -0.39 is 10.0 Å². The first-order valence-corrected chi connectivity index (χ1v) is 14.2. The third-order valence-electron chi connectivity index (χ3n) is 6.30. The summed E-state index contributed by atoms with van der Waals surface area (Å²) in [6.07, 6.45) is 3.50. The summed E-state index contributed by atoms with van der Waals surface area (Å²) >= 11 is 0. The van der Waals surface area contributed by atoms with E-state index in [1.165, 1.54) is 0 Å². The second-order valence-electron chi connectivity index (χ2n) is 9.03. The molecule has 37 heavy (non-hydrogen) atoms. The van der Waals surface area contributed by atoms with E-state index in [4.69, 9.17) is 4.98 Å². The van der Waals surface area contributed by atoms with E-state index in [1.54, 1.807) is 34.6 Å². The monoisotopic (exact) mass is 515 g/mol. The summed E-state index contributed by atoms with van der Waals surface area (Å²) in [5, 5.41) is 3.68. The molecule has 0 unspecified atom stereocenters. The zero-order chi connectivity index (χ0) is 26.3. The number of aromatic nitrogens is 1. The van der Waals surface area contributed by atoms with Crippen LogP contribution in [0.1, 0.15) is 49.9 Å². The van der Waals surface area contributed by atoms with Crippen LogP contribution in [-0.4, -0.2) is 36.7 Å². The number of hydrogen-bond donors (Lipinski definition) is 1. The van der Waals surface area contributed by atoms with E-state index in [2.05, 4.69) is 19.2 Å². The van der Waals surface area contributed by atoms with Crippen LogP contribution in [0, 0.1) is 0 Å². The number of para-hydroxylation sites is 1. The van der Waals surface area contributed by atoms with Crippen molar-refractivity contribution in [1.82, 2.24) is 9.29 Å². The van der Waals surface area contributed by atoms with Crippen LogP contribution in [0.4, 0.5) is 5.69 Å². The summed E-state index contributed by atoms with van der Waals surface area (Å²) in [6, 6.07) is 25.5. The highest BCUT2D eigenvalue weighted by atomic mass is 32.2. The van der Waals surface area contributed by atoms with E-state index >= 15 is 0 Å². The first-order chi connectivity index (χ1) is 17.9. The van der Waals surface area contributed by atoms with Gasteiger partial charge in [-0.15, -0.1) is 0 Å². The lowest BCUT2D eigenvalue weighted by atomic mass is 10.0. The van der Waals surface area contributed by atoms with Crippen LogP contribution in [0.15, 0.2) is 89.8 Å². The normalized spacial score (nSPS) is 11.6. The van der Waals surface area contributed by atoms with Gasteiger partial charge in [0, 0.05) is 29.7 Å². The number of hydrogen-bond acceptors (Lipinski definition) is 4. The predicted octanol–water partition coefficient (Wildman–Crippen LogP) is 6.75. The Kier molecular flexibility index (Phi) is 8.69. The minimum atomic E-state index is -3.60. The van der Waals surface area contributed by atoms with E-state index in [0.717, 1.165) is 42.1 Å². The Bertz CT molecular complexity index is 1440. The number of rotatable bonds is 11. The molecule has 0 saturated heterocycles. The maximum Gasteiger partial charge on any atom is 0.256 e. The summed E-state index contributed by atoms with van der Waals surface area (Å²) in [4.78, 5) is 18.3. The number of amides is 1. The molecule has 4 rings (SSSR count). The number of nitrogens with one attached hydrogen (secondary N) is 1. The Hall–Kier alpha value is -3.55. The second kappa shape index (κ2) is 12.1. The van der Waals surface area contributed by atoms with Crippen LogP contribution < -0.4 is 5.32 Å². The molecule has 0 atom stereocenters.